The minimum atomic E-state index is -1.09. The summed E-state index contributed by atoms with van der Waals surface area (Å²) in [5, 5.41) is 10.1. The highest BCUT2D eigenvalue weighted by atomic mass is 35.5. The minimum absolute atomic E-state index is 0. The van der Waals surface area contributed by atoms with Crippen molar-refractivity contribution in [2.75, 3.05) is 18.4 Å². The summed E-state index contributed by atoms with van der Waals surface area (Å²) in [4.78, 5) is 58.2. The fourth-order valence-corrected chi connectivity index (χ4v) is 4.23. The molecule has 1 heterocycles. The lowest BCUT2D eigenvalue weighted by molar-refractivity contribution is -0.147. The lowest BCUT2D eigenvalue weighted by Crippen LogP contribution is -2.48. The Labute approximate surface area is 250 Å². The molecule has 1 atom stereocenters. The number of nitrogens with zero attached hydrogens (tertiary/aromatic N) is 2. The van der Waals surface area contributed by atoms with Crippen molar-refractivity contribution in [2.45, 2.75) is 70.9 Å². The number of nitrogens with two attached hydrogens (primary N) is 2. The molecule has 41 heavy (non-hydrogen) atoms. The Morgan fingerprint density at radius 2 is 1.80 bits per heavy atom. The molecular formula is C27H40ClN7O5S. The number of hydrogen-bond donors (Lipinski definition) is 5. The van der Waals surface area contributed by atoms with Gasteiger partial charge in [0.05, 0.1) is 18.5 Å². The predicted molar refractivity (Wildman–Crippen MR) is 162 cm³/mol. The number of amides is 3. The average Bonchev–Trinajstić information content (AvgIpc) is 3.35. The standard InChI is InChI=1S/C27H39N7O5S.ClH/c1-2-3-13-30-25(38)21(16-24(37)39-17-19-10-6-4-7-11-19)33-23(36)15-20-18-40-27(32-20)34-22(35)12-8-5-9-14-31-26(28)29;/h4,6-7,10-11,18,21H,2-3,5,8-9,12-17H2,1H3,(H,30,38)(H,33,36)(H4,28,29,31)(H,32,34,35);1H/t21-;/m0./s1. The first-order chi connectivity index (χ1) is 19.3. The highest BCUT2D eigenvalue weighted by Crippen LogP contribution is 2.17. The number of ether oxygens (including phenoxy) is 1. The van der Waals surface area contributed by atoms with E-state index in [0.717, 1.165) is 31.2 Å². The largest absolute Gasteiger partial charge is 0.461 e. The van der Waals surface area contributed by atoms with Crippen LogP contribution in [0.3, 0.4) is 0 Å². The SMILES string of the molecule is CCCCNC(=O)[C@H](CC(=O)OCc1ccccc1)NC(=O)Cc1csc(NC(=O)CCCCCN=C(N)N)n1.Cl. The van der Waals surface area contributed by atoms with E-state index in [0.29, 0.717) is 36.8 Å². The van der Waals surface area contributed by atoms with Crippen molar-refractivity contribution in [2.24, 2.45) is 16.5 Å². The molecule has 0 radical (unpaired) electrons. The molecule has 226 valence electrons. The molecule has 0 fully saturated rings. The van der Waals surface area contributed by atoms with Crippen LogP contribution >= 0.6 is 23.7 Å². The maximum absolute atomic E-state index is 12.7. The number of anilines is 1. The smallest absolute Gasteiger partial charge is 0.308 e. The van der Waals surface area contributed by atoms with Gasteiger partial charge in [0.15, 0.2) is 11.1 Å². The highest BCUT2D eigenvalue weighted by molar-refractivity contribution is 7.13. The van der Waals surface area contributed by atoms with Crippen molar-refractivity contribution in [3.05, 3.63) is 47.0 Å². The molecule has 14 heteroatoms. The monoisotopic (exact) mass is 609 g/mol. The van der Waals surface area contributed by atoms with Gasteiger partial charge < -0.3 is 32.2 Å². The number of guanidine groups is 1. The molecule has 0 unspecified atom stereocenters. The molecule has 1 aromatic carbocycles. The van der Waals surface area contributed by atoms with Crippen LogP contribution in [-0.4, -0.2) is 53.8 Å². The van der Waals surface area contributed by atoms with Crippen LogP contribution in [0, 0.1) is 0 Å². The van der Waals surface area contributed by atoms with E-state index in [9.17, 15) is 19.2 Å². The van der Waals surface area contributed by atoms with Crippen molar-refractivity contribution in [1.82, 2.24) is 15.6 Å². The molecule has 2 aromatic rings. The lowest BCUT2D eigenvalue weighted by Gasteiger charge is -2.18. The molecule has 0 bridgehead atoms. The van der Waals surface area contributed by atoms with E-state index in [1.807, 2.05) is 37.3 Å². The highest BCUT2D eigenvalue weighted by Gasteiger charge is 2.25. The summed E-state index contributed by atoms with van der Waals surface area (Å²) in [7, 11) is 0. The predicted octanol–water partition coefficient (Wildman–Crippen LogP) is 2.41. The van der Waals surface area contributed by atoms with Crippen LogP contribution < -0.4 is 27.4 Å². The Balaban J connectivity index is 0.00000840. The fourth-order valence-electron chi connectivity index (χ4n) is 3.50. The summed E-state index contributed by atoms with van der Waals surface area (Å²) in [6.45, 7) is 3.03. The van der Waals surface area contributed by atoms with Crippen molar-refractivity contribution in [3.8, 4) is 0 Å². The number of thiazole rings is 1. The summed E-state index contributed by atoms with van der Waals surface area (Å²) in [5.74, 6) is -1.66. The first kappa shape index (κ1) is 35.3. The summed E-state index contributed by atoms with van der Waals surface area (Å²) in [6.07, 6.45) is 3.84. The van der Waals surface area contributed by atoms with Crippen LogP contribution in [0.2, 0.25) is 0 Å². The molecule has 12 nitrogen and oxygen atoms in total. The quantitative estimate of drug-likeness (QED) is 0.0736. The van der Waals surface area contributed by atoms with Crippen LogP contribution in [0.4, 0.5) is 5.13 Å². The number of halogens is 1. The molecule has 0 spiro atoms. The Morgan fingerprint density at radius 1 is 1.05 bits per heavy atom. The topological polar surface area (TPSA) is 191 Å². The maximum Gasteiger partial charge on any atom is 0.308 e. The van der Waals surface area contributed by atoms with Crippen molar-refractivity contribution >= 4 is 58.5 Å². The van der Waals surface area contributed by atoms with Gasteiger partial charge in [0.2, 0.25) is 17.7 Å². The average molecular weight is 610 g/mol. The lowest BCUT2D eigenvalue weighted by atomic mass is 10.1. The van der Waals surface area contributed by atoms with Gasteiger partial charge in [-0.1, -0.05) is 50.1 Å². The Kier molecular flexibility index (Phi) is 17.4. The molecular weight excluding hydrogens is 570 g/mol. The third-order valence-corrected chi connectivity index (χ3v) is 6.40. The van der Waals surface area contributed by atoms with E-state index in [4.69, 9.17) is 16.2 Å². The van der Waals surface area contributed by atoms with E-state index < -0.39 is 23.8 Å². The van der Waals surface area contributed by atoms with Gasteiger partial charge in [-0.2, -0.15) is 0 Å². The fraction of sp³-hybridized carbons (Fsp3) is 0.481. The number of aromatic nitrogens is 1. The second kappa shape index (κ2) is 20.2. The van der Waals surface area contributed by atoms with Crippen LogP contribution in [-0.2, 0) is 36.9 Å². The van der Waals surface area contributed by atoms with E-state index >= 15 is 0 Å². The number of benzene rings is 1. The summed E-state index contributed by atoms with van der Waals surface area (Å²) < 4.78 is 5.29. The number of esters is 1. The third-order valence-electron chi connectivity index (χ3n) is 5.59. The van der Waals surface area contributed by atoms with Gasteiger partial charge >= 0.3 is 5.97 Å². The number of aliphatic imine (C=N–C) groups is 1. The van der Waals surface area contributed by atoms with Gasteiger partial charge in [-0.05, 0) is 24.8 Å². The van der Waals surface area contributed by atoms with Crippen LogP contribution in [0.5, 0.6) is 0 Å². The molecule has 0 aliphatic heterocycles. The minimum Gasteiger partial charge on any atom is -0.461 e. The van der Waals surface area contributed by atoms with Crippen molar-refractivity contribution < 1.29 is 23.9 Å². The Hall–Kier alpha value is -3.71. The van der Waals surface area contributed by atoms with E-state index in [1.54, 1.807) is 5.38 Å². The summed E-state index contributed by atoms with van der Waals surface area (Å²) in [6, 6.07) is 8.09. The Morgan fingerprint density at radius 3 is 2.51 bits per heavy atom. The van der Waals surface area contributed by atoms with Crippen molar-refractivity contribution in [1.29, 1.82) is 0 Å². The number of rotatable bonds is 18. The molecule has 0 saturated carbocycles. The van der Waals surface area contributed by atoms with Gasteiger partial charge in [0, 0.05) is 24.9 Å². The van der Waals surface area contributed by atoms with Gasteiger partial charge in [-0.25, -0.2) is 4.98 Å². The first-order valence-corrected chi connectivity index (χ1v) is 14.2. The second-order valence-corrected chi connectivity index (χ2v) is 9.96. The van der Waals surface area contributed by atoms with Crippen LogP contribution in [0.25, 0.3) is 0 Å². The van der Waals surface area contributed by atoms with Gasteiger partial charge in [-0.15, -0.1) is 23.7 Å². The van der Waals surface area contributed by atoms with Gasteiger partial charge in [-0.3, -0.25) is 24.2 Å². The summed E-state index contributed by atoms with van der Waals surface area (Å²) in [5.41, 5.74) is 11.8. The third kappa shape index (κ3) is 15.6. The van der Waals surface area contributed by atoms with Crippen LogP contribution in [0.1, 0.15) is 63.1 Å². The molecule has 3 amide bonds. The zero-order valence-electron chi connectivity index (χ0n) is 23.2. The molecule has 0 aliphatic rings. The summed E-state index contributed by atoms with van der Waals surface area (Å²) >= 11 is 1.20. The molecule has 0 aliphatic carbocycles. The van der Waals surface area contributed by atoms with Crippen LogP contribution in [0.15, 0.2) is 40.7 Å². The first-order valence-electron chi connectivity index (χ1n) is 13.3. The Bertz CT molecular complexity index is 1130. The number of carbonyl (C=O) groups excluding carboxylic acids is 4. The second-order valence-electron chi connectivity index (χ2n) is 9.10. The normalized spacial score (nSPS) is 11.0. The van der Waals surface area contributed by atoms with Gasteiger partial charge in [0.25, 0.3) is 0 Å². The van der Waals surface area contributed by atoms with E-state index in [2.05, 4.69) is 25.9 Å². The van der Waals surface area contributed by atoms with Gasteiger partial charge in [0.1, 0.15) is 12.6 Å². The maximum atomic E-state index is 12.7. The zero-order valence-corrected chi connectivity index (χ0v) is 24.9. The zero-order chi connectivity index (χ0) is 29.2. The molecule has 2 rings (SSSR count). The number of hydrogen-bond acceptors (Lipinski definition) is 8. The number of nitrogens with one attached hydrogen (secondary N) is 3. The molecule has 0 saturated heterocycles. The van der Waals surface area contributed by atoms with E-state index in [1.165, 1.54) is 11.3 Å². The number of carbonyl (C=O) groups is 4. The number of unbranched alkanes of at least 4 members (excludes halogenated alkanes) is 3. The molecule has 7 N–H and O–H groups in total. The molecule has 1 aromatic heterocycles. The van der Waals surface area contributed by atoms with Crippen molar-refractivity contribution in [3.63, 3.8) is 0 Å². The van der Waals surface area contributed by atoms with E-state index in [-0.39, 0.29) is 43.7 Å².